The van der Waals surface area contributed by atoms with E-state index in [1.165, 1.54) is 31.1 Å². The molecule has 3 aromatic rings. The van der Waals surface area contributed by atoms with Crippen molar-refractivity contribution in [3.8, 4) is 11.1 Å². The third kappa shape index (κ3) is 6.02. The Bertz CT molecular complexity index is 1670. The van der Waals surface area contributed by atoms with Crippen LogP contribution in [0.15, 0.2) is 52.7 Å². The summed E-state index contributed by atoms with van der Waals surface area (Å²) in [6, 6.07) is 8.86. The first-order chi connectivity index (χ1) is 21.2. The van der Waals surface area contributed by atoms with E-state index in [0.29, 0.717) is 23.9 Å². The Morgan fingerprint density at radius 2 is 1.82 bits per heavy atom. The van der Waals surface area contributed by atoms with E-state index < -0.39 is 0 Å². The third-order valence-electron chi connectivity index (χ3n) is 9.67. The first-order valence-electron chi connectivity index (χ1n) is 15.6. The summed E-state index contributed by atoms with van der Waals surface area (Å²) in [5.74, 6) is 0.905. The summed E-state index contributed by atoms with van der Waals surface area (Å²) in [5.41, 5.74) is 2.19. The van der Waals surface area contributed by atoms with Gasteiger partial charge in [0.05, 0.1) is 16.6 Å². The molecule has 45 heavy (non-hydrogen) atoms. The molecule has 1 amide bonds. The molecule has 3 aliphatic heterocycles. The number of aromatic nitrogens is 2. The quantitative estimate of drug-likeness (QED) is 0.342. The van der Waals surface area contributed by atoms with Crippen molar-refractivity contribution >= 4 is 59.5 Å². The van der Waals surface area contributed by atoms with E-state index in [2.05, 4.69) is 21.3 Å². The minimum atomic E-state index is -0.311. The molecule has 4 heterocycles. The molecule has 1 saturated carbocycles. The number of carbonyl (C=O) groups is 1. The average Bonchev–Trinajstić information content (AvgIpc) is 3.87. The van der Waals surface area contributed by atoms with Gasteiger partial charge in [0.25, 0.3) is 0 Å². The zero-order valence-corrected chi connectivity index (χ0v) is 28.3. The fourth-order valence-corrected chi connectivity index (χ4v) is 8.89. The molecule has 4 aliphatic rings. The van der Waals surface area contributed by atoms with Crippen molar-refractivity contribution in [2.45, 2.75) is 55.8 Å². The number of amides is 1. The van der Waals surface area contributed by atoms with Crippen molar-refractivity contribution < 1.29 is 9.18 Å². The Morgan fingerprint density at radius 3 is 2.49 bits per heavy atom. The smallest absolute Gasteiger partial charge is 0.349 e. The van der Waals surface area contributed by atoms with E-state index in [1.807, 2.05) is 29.4 Å². The van der Waals surface area contributed by atoms with Crippen LogP contribution in [-0.4, -0.2) is 99.8 Å². The molecule has 12 heteroatoms. The van der Waals surface area contributed by atoms with Gasteiger partial charge >= 0.3 is 5.69 Å². The lowest BCUT2D eigenvalue weighted by Crippen LogP contribution is -2.58. The molecule has 0 unspecified atom stereocenters. The Hall–Kier alpha value is -2.57. The fourth-order valence-electron chi connectivity index (χ4n) is 7.19. The molecule has 0 N–H and O–H groups in total. The van der Waals surface area contributed by atoms with Crippen molar-refractivity contribution in [3.63, 3.8) is 0 Å². The lowest BCUT2D eigenvalue weighted by Gasteiger charge is -2.45. The minimum absolute atomic E-state index is 0. The Labute approximate surface area is 279 Å². The van der Waals surface area contributed by atoms with Crippen LogP contribution in [0.2, 0.25) is 5.02 Å². The number of hydrogen-bond donors (Lipinski definition) is 0. The molecule has 2 saturated heterocycles. The van der Waals surface area contributed by atoms with Crippen LogP contribution in [0.4, 0.5) is 10.2 Å². The molecule has 240 valence electrons. The second kappa shape index (κ2) is 12.9. The van der Waals surface area contributed by atoms with E-state index in [-0.39, 0.29) is 49.0 Å². The second-order valence-electron chi connectivity index (χ2n) is 12.6. The molecule has 1 aromatic heterocycles. The van der Waals surface area contributed by atoms with Crippen molar-refractivity contribution in [2.24, 2.45) is 0 Å². The molecule has 0 bridgehead atoms. The normalized spacial score (nSPS) is 24.0. The lowest BCUT2D eigenvalue weighted by molar-refractivity contribution is -0.128. The Morgan fingerprint density at radius 1 is 1.11 bits per heavy atom. The molecular formula is C33H40ClFN6O2S2. The third-order valence-corrected chi connectivity index (χ3v) is 11.2. The highest BCUT2D eigenvalue weighted by Crippen LogP contribution is 2.48. The van der Waals surface area contributed by atoms with Gasteiger partial charge in [0, 0.05) is 85.5 Å². The molecule has 3 atom stereocenters. The van der Waals surface area contributed by atoms with E-state index in [9.17, 15) is 14.0 Å². The molecule has 0 spiro atoms. The monoisotopic (exact) mass is 670 g/mol. The molecule has 3 fully saturated rings. The molecule has 1 aliphatic carbocycles. The zero-order valence-electron chi connectivity index (χ0n) is 25.7. The highest BCUT2D eigenvalue weighted by molar-refractivity contribution is 7.99. The van der Waals surface area contributed by atoms with Crippen molar-refractivity contribution in [3.05, 3.63) is 64.3 Å². The number of benzene rings is 2. The SMILES string of the molecule is C=CC(=O)N1C[C@H](C)N(c2nc(=O)n3c4c(c(-c5ccc(F)cc5)c(Cl)cc24)SC[C@@H]3CN2CCN(C3CC3)CC2)C[C@H]1C.S. The summed E-state index contributed by atoms with van der Waals surface area (Å²) in [5, 5.41) is 1.37. The van der Waals surface area contributed by atoms with Gasteiger partial charge in [-0.05, 0) is 56.5 Å². The van der Waals surface area contributed by atoms with Gasteiger partial charge in [0.2, 0.25) is 5.91 Å². The van der Waals surface area contributed by atoms with Crippen LogP contribution in [0.3, 0.4) is 0 Å². The number of halogens is 2. The van der Waals surface area contributed by atoms with E-state index in [1.54, 1.807) is 23.9 Å². The maximum atomic E-state index is 14.1. The number of rotatable bonds is 6. The molecule has 8 nitrogen and oxygen atoms in total. The van der Waals surface area contributed by atoms with Gasteiger partial charge in [-0.1, -0.05) is 30.3 Å². The van der Waals surface area contributed by atoms with Gasteiger partial charge in [-0.25, -0.2) is 9.18 Å². The van der Waals surface area contributed by atoms with Gasteiger partial charge in [-0.15, -0.1) is 11.8 Å². The van der Waals surface area contributed by atoms with Gasteiger partial charge < -0.3 is 9.80 Å². The minimum Gasteiger partial charge on any atom is -0.349 e. The topological polar surface area (TPSA) is 64.9 Å². The molecule has 0 radical (unpaired) electrons. The number of anilines is 1. The highest BCUT2D eigenvalue weighted by Gasteiger charge is 2.37. The van der Waals surface area contributed by atoms with E-state index in [0.717, 1.165) is 71.4 Å². The van der Waals surface area contributed by atoms with Crippen LogP contribution in [0.25, 0.3) is 22.0 Å². The van der Waals surface area contributed by atoms with E-state index >= 15 is 0 Å². The van der Waals surface area contributed by atoms with Gasteiger partial charge in [0.15, 0.2) is 0 Å². The maximum Gasteiger partial charge on any atom is 0.350 e. The van der Waals surface area contributed by atoms with Crippen molar-refractivity contribution in [2.75, 3.05) is 56.5 Å². The second-order valence-corrected chi connectivity index (χ2v) is 14.1. The summed E-state index contributed by atoms with van der Waals surface area (Å²) in [6.45, 7) is 13.7. The predicted molar refractivity (Wildman–Crippen MR) is 186 cm³/mol. The molecule has 7 rings (SSSR count). The lowest BCUT2D eigenvalue weighted by atomic mass is 10.0. The summed E-state index contributed by atoms with van der Waals surface area (Å²) in [4.78, 5) is 41.4. The van der Waals surface area contributed by atoms with Crippen molar-refractivity contribution in [1.82, 2.24) is 24.3 Å². The van der Waals surface area contributed by atoms with Crippen LogP contribution in [-0.2, 0) is 4.79 Å². The number of piperazine rings is 2. The average molecular weight is 671 g/mol. The number of carbonyl (C=O) groups excluding carboxylic acids is 1. The molecular weight excluding hydrogens is 631 g/mol. The van der Waals surface area contributed by atoms with Gasteiger partial charge in [-0.3, -0.25) is 19.2 Å². The van der Waals surface area contributed by atoms with Crippen LogP contribution < -0.4 is 10.6 Å². The first kappa shape index (κ1) is 32.4. The van der Waals surface area contributed by atoms with Crippen LogP contribution in [0.1, 0.15) is 32.7 Å². The highest BCUT2D eigenvalue weighted by atomic mass is 35.5. The standard InChI is InChI=1S/C33H38ClFN6O2S.H2S/c1-4-28(42)39-16-21(3)40(17-20(39)2)32-26-15-27(34)29(22-5-7-23(35)8-6-22)31-30(26)41(33(43)36-32)25(19-44-31)18-37-11-13-38(14-12-37)24-9-10-24;/h4-8,15,20-21,24-25H,1,9-14,16-19H2,2-3H3;1H2/t20-,21+,25+;/m1./s1. The summed E-state index contributed by atoms with van der Waals surface area (Å²) < 4.78 is 15.8. The van der Waals surface area contributed by atoms with Crippen LogP contribution >= 0.6 is 36.9 Å². The number of thioether (sulfide) groups is 1. The number of nitrogens with zero attached hydrogens (tertiary/aromatic N) is 6. The van der Waals surface area contributed by atoms with Crippen LogP contribution in [0.5, 0.6) is 0 Å². The largest absolute Gasteiger partial charge is 0.350 e. The maximum absolute atomic E-state index is 14.1. The Balaban J connectivity index is 0.00000357. The Kier molecular flexibility index (Phi) is 9.29. The summed E-state index contributed by atoms with van der Waals surface area (Å²) in [7, 11) is 0. The first-order valence-corrected chi connectivity index (χ1v) is 16.9. The van der Waals surface area contributed by atoms with Gasteiger partial charge in [0.1, 0.15) is 11.6 Å². The van der Waals surface area contributed by atoms with Gasteiger partial charge in [-0.2, -0.15) is 18.5 Å². The van der Waals surface area contributed by atoms with Crippen LogP contribution in [0, 0.1) is 5.82 Å². The molecule has 2 aromatic carbocycles. The summed E-state index contributed by atoms with van der Waals surface area (Å²) in [6.07, 6.45) is 3.99. The summed E-state index contributed by atoms with van der Waals surface area (Å²) >= 11 is 8.78. The van der Waals surface area contributed by atoms with Crippen molar-refractivity contribution in [1.29, 1.82) is 0 Å². The number of hydrogen-bond acceptors (Lipinski definition) is 7. The predicted octanol–water partition coefficient (Wildman–Crippen LogP) is 5.01. The zero-order chi connectivity index (χ0) is 30.7. The van der Waals surface area contributed by atoms with E-state index in [4.69, 9.17) is 16.6 Å². The fraction of sp³-hybridized carbons (Fsp3) is 0.485.